The van der Waals surface area contributed by atoms with Gasteiger partial charge in [-0.15, -0.1) is 0 Å². The third kappa shape index (κ3) is 3.22. The summed E-state index contributed by atoms with van der Waals surface area (Å²) in [5, 5.41) is 3.71. The molecule has 2 fully saturated rings. The fraction of sp³-hybridized carbons (Fsp3) is 1.00. The molecule has 0 saturated heterocycles. The summed E-state index contributed by atoms with van der Waals surface area (Å²) < 4.78 is 6.52. The first-order valence-electron chi connectivity index (χ1n) is 8.90. The lowest BCUT2D eigenvalue weighted by molar-refractivity contribution is -0.168. The largest absolute Gasteiger partial charge is 0.374 e. The van der Waals surface area contributed by atoms with E-state index in [0.717, 1.165) is 18.4 Å². The molecule has 0 amide bonds. The lowest BCUT2D eigenvalue weighted by Gasteiger charge is -2.55. The van der Waals surface area contributed by atoms with Gasteiger partial charge in [-0.05, 0) is 56.9 Å². The van der Waals surface area contributed by atoms with Gasteiger partial charge in [0.05, 0.1) is 12.2 Å². The molecule has 0 aliphatic heterocycles. The summed E-state index contributed by atoms with van der Waals surface area (Å²) >= 11 is 0. The maximum Gasteiger partial charge on any atom is 0.0662 e. The Labute approximate surface area is 126 Å². The van der Waals surface area contributed by atoms with Crippen molar-refractivity contribution in [1.82, 2.24) is 5.32 Å². The van der Waals surface area contributed by atoms with Crippen LogP contribution >= 0.6 is 0 Å². The molecule has 2 aliphatic rings. The van der Waals surface area contributed by atoms with E-state index in [1.807, 2.05) is 0 Å². The van der Waals surface area contributed by atoms with Crippen molar-refractivity contribution in [3.8, 4) is 0 Å². The summed E-state index contributed by atoms with van der Waals surface area (Å²) in [5.74, 6) is 1.71. The number of hydrogen-bond donors (Lipinski definition) is 1. The van der Waals surface area contributed by atoms with Gasteiger partial charge in [0.2, 0.25) is 0 Å². The van der Waals surface area contributed by atoms with Crippen molar-refractivity contribution in [3.05, 3.63) is 0 Å². The SMILES string of the molecule is CCCNC1CC(OC2CCC(C)C(C)C2)C1(C)CC. The standard InChI is InChI=1S/C18H35NO/c1-6-10-19-16-12-17(18(16,5)7-2)20-15-9-8-13(3)14(4)11-15/h13-17,19H,6-12H2,1-5H3. The molecule has 1 N–H and O–H groups in total. The Morgan fingerprint density at radius 3 is 2.45 bits per heavy atom. The zero-order valence-electron chi connectivity index (χ0n) is 14.2. The first-order valence-corrected chi connectivity index (χ1v) is 8.90. The van der Waals surface area contributed by atoms with Crippen LogP contribution in [0.25, 0.3) is 0 Å². The highest BCUT2D eigenvalue weighted by Crippen LogP contribution is 2.47. The fourth-order valence-corrected chi connectivity index (χ4v) is 3.99. The molecule has 2 rings (SSSR count). The number of ether oxygens (including phenoxy) is 1. The van der Waals surface area contributed by atoms with Gasteiger partial charge in [0.15, 0.2) is 0 Å². The average Bonchev–Trinajstić information content (AvgIpc) is 2.44. The maximum atomic E-state index is 6.52. The Morgan fingerprint density at radius 1 is 1.10 bits per heavy atom. The van der Waals surface area contributed by atoms with Gasteiger partial charge in [-0.1, -0.05) is 34.6 Å². The number of nitrogens with one attached hydrogen (secondary N) is 1. The molecule has 6 atom stereocenters. The van der Waals surface area contributed by atoms with E-state index in [9.17, 15) is 0 Å². The van der Waals surface area contributed by atoms with Crippen LogP contribution in [-0.4, -0.2) is 24.8 Å². The van der Waals surface area contributed by atoms with Crippen molar-refractivity contribution in [2.24, 2.45) is 17.3 Å². The predicted molar refractivity (Wildman–Crippen MR) is 85.9 cm³/mol. The van der Waals surface area contributed by atoms with Gasteiger partial charge in [-0.2, -0.15) is 0 Å². The van der Waals surface area contributed by atoms with Crippen molar-refractivity contribution >= 4 is 0 Å². The zero-order valence-corrected chi connectivity index (χ0v) is 14.2. The van der Waals surface area contributed by atoms with Crippen molar-refractivity contribution in [1.29, 1.82) is 0 Å². The van der Waals surface area contributed by atoms with E-state index in [1.165, 1.54) is 38.5 Å². The average molecular weight is 281 g/mol. The smallest absolute Gasteiger partial charge is 0.0662 e. The molecule has 6 unspecified atom stereocenters. The molecular formula is C18H35NO. The van der Waals surface area contributed by atoms with Crippen LogP contribution in [0.3, 0.4) is 0 Å². The second kappa shape index (κ2) is 6.79. The van der Waals surface area contributed by atoms with Crippen LogP contribution in [0.1, 0.15) is 73.1 Å². The molecule has 2 nitrogen and oxygen atoms in total. The summed E-state index contributed by atoms with van der Waals surface area (Å²) in [6, 6.07) is 0.664. The van der Waals surface area contributed by atoms with E-state index < -0.39 is 0 Å². The van der Waals surface area contributed by atoms with Gasteiger partial charge < -0.3 is 10.1 Å². The normalized spacial score (nSPS) is 45.1. The van der Waals surface area contributed by atoms with E-state index in [0.29, 0.717) is 23.7 Å². The first-order chi connectivity index (χ1) is 9.51. The molecule has 0 heterocycles. The molecule has 0 aromatic rings. The Morgan fingerprint density at radius 2 is 1.85 bits per heavy atom. The Balaban J connectivity index is 1.84. The highest BCUT2D eigenvalue weighted by atomic mass is 16.5. The fourth-order valence-electron chi connectivity index (χ4n) is 3.99. The highest BCUT2D eigenvalue weighted by Gasteiger charge is 2.51. The van der Waals surface area contributed by atoms with Gasteiger partial charge in [0.25, 0.3) is 0 Å². The lowest BCUT2D eigenvalue weighted by Crippen LogP contribution is -2.63. The molecule has 0 aromatic heterocycles. The minimum absolute atomic E-state index is 0.349. The molecule has 0 radical (unpaired) electrons. The molecule has 0 bridgehead atoms. The van der Waals surface area contributed by atoms with E-state index in [2.05, 4.69) is 39.9 Å². The summed E-state index contributed by atoms with van der Waals surface area (Å²) in [5.41, 5.74) is 0.349. The molecule has 0 spiro atoms. The summed E-state index contributed by atoms with van der Waals surface area (Å²) in [6.45, 7) is 12.9. The molecular weight excluding hydrogens is 246 g/mol. The highest BCUT2D eigenvalue weighted by molar-refractivity contribution is 5.05. The molecule has 2 saturated carbocycles. The zero-order chi connectivity index (χ0) is 14.8. The maximum absolute atomic E-state index is 6.52. The topological polar surface area (TPSA) is 21.3 Å². The predicted octanol–water partition coefficient (Wildman–Crippen LogP) is 4.38. The second-order valence-electron chi connectivity index (χ2n) is 7.62. The quantitative estimate of drug-likeness (QED) is 0.780. The van der Waals surface area contributed by atoms with Crippen molar-refractivity contribution in [2.75, 3.05) is 6.54 Å². The molecule has 118 valence electrons. The minimum Gasteiger partial charge on any atom is -0.374 e. The lowest BCUT2D eigenvalue weighted by atomic mass is 9.61. The molecule has 0 aromatic carbocycles. The third-order valence-corrected chi connectivity index (χ3v) is 6.29. The Bertz CT molecular complexity index is 306. The number of rotatable bonds is 6. The molecule has 2 aliphatic carbocycles. The molecule has 20 heavy (non-hydrogen) atoms. The van der Waals surface area contributed by atoms with Crippen LogP contribution in [0.4, 0.5) is 0 Å². The van der Waals surface area contributed by atoms with Gasteiger partial charge in [-0.25, -0.2) is 0 Å². The van der Waals surface area contributed by atoms with Crippen LogP contribution < -0.4 is 5.32 Å². The van der Waals surface area contributed by atoms with Crippen molar-refractivity contribution in [2.45, 2.75) is 91.4 Å². The third-order valence-electron chi connectivity index (χ3n) is 6.29. The molecule has 2 heteroatoms. The van der Waals surface area contributed by atoms with Crippen molar-refractivity contribution < 1.29 is 4.74 Å². The van der Waals surface area contributed by atoms with Crippen LogP contribution in [0, 0.1) is 17.3 Å². The number of hydrogen-bond acceptors (Lipinski definition) is 2. The monoisotopic (exact) mass is 281 g/mol. The minimum atomic E-state index is 0.349. The van der Waals surface area contributed by atoms with E-state index in [1.54, 1.807) is 0 Å². The van der Waals surface area contributed by atoms with Crippen LogP contribution in [0.15, 0.2) is 0 Å². The van der Waals surface area contributed by atoms with E-state index in [-0.39, 0.29) is 0 Å². The summed E-state index contributed by atoms with van der Waals surface area (Å²) in [7, 11) is 0. The van der Waals surface area contributed by atoms with Gasteiger partial charge >= 0.3 is 0 Å². The van der Waals surface area contributed by atoms with Gasteiger partial charge in [-0.3, -0.25) is 0 Å². The van der Waals surface area contributed by atoms with E-state index >= 15 is 0 Å². The second-order valence-corrected chi connectivity index (χ2v) is 7.62. The van der Waals surface area contributed by atoms with Crippen molar-refractivity contribution in [3.63, 3.8) is 0 Å². The van der Waals surface area contributed by atoms with Crippen LogP contribution in [0.5, 0.6) is 0 Å². The van der Waals surface area contributed by atoms with Crippen LogP contribution in [-0.2, 0) is 4.74 Å². The Hall–Kier alpha value is -0.0800. The summed E-state index contributed by atoms with van der Waals surface area (Å²) in [6.07, 6.45) is 8.54. The Kier molecular flexibility index (Phi) is 5.53. The van der Waals surface area contributed by atoms with E-state index in [4.69, 9.17) is 4.74 Å². The van der Waals surface area contributed by atoms with Gasteiger partial charge in [0.1, 0.15) is 0 Å². The first kappa shape index (κ1) is 16.3. The summed E-state index contributed by atoms with van der Waals surface area (Å²) in [4.78, 5) is 0. The van der Waals surface area contributed by atoms with Gasteiger partial charge in [0, 0.05) is 11.5 Å². The van der Waals surface area contributed by atoms with Crippen LogP contribution in [0.2, 0.25) is 0 Å².